The number of hydrogen-bond acceptors (Lipinski definition) is 4. The summed E-state index contributed by atoms with van der Waals surface area (Å²) in [5.41, 5.74) is 0.479. The van der Waals surface area contributed by atoms with E-state index in [4.69, 9.17) is 9.84 Å². The van der Waals surface area contributed by atoms with E-state index in [1.54, 1.807) is 19.1 Å². The van der Waals surface area contributed by atoms with Gasteiger partial charge >= 0.3 is 5.97 Å². The van der Waals surface area contributed by atoms with Crippen LogP contribution in [0.3, 0.4) is 0 Å². The van der Waals surface area contributed by atoms with E-state index in [1.807, 2.05) is 22.6 Å². The molecular formula is C14H11IO5. The molecule has 0 amide bonds. The molecule has 20 heavy (non-hydrogen) atoms. The number of carboxylic acids is 1. The number of aryl methyl sites for hydroxylation is 1. The van der Waals surface area contributed by atoms with E-state index < -0.39 is 5.97 Å². The van der Waals surface area contributed by atoms with Crippen molar-refractivity contribution in [2.24, 2.45) is 0 Å². The van der Waals surface area contributed by atoms with Crippen LogP contribution in [0.5, 0.6) is 23.0 Å². The number of ether oxygens (including phenoxy) is 1. The van der Waals surface area contributed by atoms with Crippen molar-refractivity contribution in [1.82, 2.24) is 0 Å². The number of carboxylic acid groups (broad SMARTS) is 1. The SMILES string of the molecule is Cc1cc(Oc2ccc(C(=O)O)c(O)c2)cc(I)c1O. The van der Waals surface area contributed by atoms with Crippen molar-refractivity contribution < 1.29 is 24.9 Å². The van der Waals surface area contributed by atoms with Crippen molar-refractivity contribution in [3.63, 3.8) is 0 Å². The molecule has 0 aliphatic heterocycles. The highest BCUT2D eigenvalue weighted by Gasteiger charge is 2.11. The monoisotopic (exact) mass is 386 g/mol. The van der Waals surface area contributed by atoms with Gasteiger partial charge in [0.25, 0.3) is 0 Å². The number of aromatic carboxylic acids is 1. The molecule has 5 nitrogen and oxygen atoms in total. The zero-order valence-corrected chi connectivity index (χ0v) is 12.6. The summed E-state index contributed by atoms with van der Waals surface area (Å²) in [5.74, 6) is -0.563. The molecule has 0 radical (unpaired) electrons. The Morgan fingerprint density at radius 2 is 1.85 bits per heavy atom. The number of halogens is 1. The third-order valence-electron chi connectivity index (χ3n) is 2.66. The van der Waals surface area contributed by atoms with Crippen LogP contribution < -0.4 is 4.74 Å². The first-order valence-corrected chi connectivity index (χ1v) is 6.69. The van der Waals surface area contributed by atoms with Crippen LogP contribution in [0, 0.1) is 10.5 Å². The molecule has 0 heterocycles. The van der Waals surface area contributed by atoms with E-state index >= 15 is 0 Å². The van der Waals surface area contributed by atoms with Crippen molar-refractivity contribution in [2.75, 3.05) is 0 Å². The van der Waals surface area contributed by atoms with Gasteiger partial charge in [-0.2, -0.15) is 0 Å². The summed E-state index contributed by atoms with van der Waals surface area (Å²) in [4.78, 5) is 10.8. The molecule has 0 aliphatic rings. The Morgan fingerprint density at radius 1 is 1.15 bits per heavy atom. The van der Waals surface area contributed by atoms with Crippen LogP contribution in [-0.2, 0) is 0 Å². The number of phenols is 2. The van der Waals surface area contributed by atoms with Gasteiger partial charge < -0.3 is 20.1 Å². The van der Waals surface area contributed by atoms with Gasteiger partial charge in [-0.15, -0.1) is 0 Å². The summed E-state index contributed by atoms with van der Waals surface area (Å²) in [6, 6.07) is 7.26. The van der Waals surface area contributed by atoms with Gasteiger partial charge in [0.05, 0.1) is 3.57 Å². The van der Waals surface area contributed by atoms with E-state index in [-0.39, 0.29) is 17.1 Å². The van der Waals surface area contributed by atoms with Crippen molar-refractivity contribution >= 4 is 28.6 Å². The van der Waals surface area contributed by atoms with Gasteiger partial charge in [0, 0.05) is 6.07 Å². The molecule has 0 atom stereocenters. The summed E-state index contributed by atoms with van der Waals surface area (Å²) in [6.07, 6.45) is 0. The van der Waals surface area contributed by atoms with Gasteiger partial charge in [0.1, 0.15) is 28.6 Å². The van der Waals surface area contributed by atoms with Gasteiger partial charge in [-0.05, 0) is 59.3 Å². The predicted octanol–water partition coefficient (Wildman–Crippen LogP) is 3.50. The highest BCUT2D eigenvalue weighted by molar-refractivity contribution is 14.1. The highest BCUT2D eigenvalue weighted by atomic mass is 127. The molecule has 104 valence electrons. The maximum Gasteiger partial charge on any atom is 0.339 e. The maximum atomic E-state index is 10.8. The fraction of sp³-hybridized carbons (Fsp3) is 0.0714. The Bertz CT molecular complexity index is 658. The first-order chi connectivity index (χ1) is 9.38. The Morgan fingerprint density at radius 3 is 2.40 bits per heavy atom. The third-order valence-corrected chi connectivity index (χ3v) is 3.49. The van der Waals surface area contributed by atoms with E-state index in [0.717, 1.165) is 0 Å². The zero-order valence-electron chi connectivity index (χ0n) is 10.4. The van der Waals surface area contributed by atoms with E-state index in [1.165, 1.54) is 18.2 Å². The van der Waals surface area contributed by atoms with Crippen LogP contribution in [0.25, 0.3) is 0 Å². The first-order valence-electron chi connectivity index (χ1n) is 5.61. The second-order valence-corrected chi connectivity index (χ2v) is 5.32. The molecule has 2 aromatic carbocycles. The van der Waals surface area contributed by atoms with E-state index in [2.05, 4.69) is 0 Å². The van der Waals surface area contributed by atoms with Crippen LogP contribution >= 0.6 is 22.6 Å². The van der Waals surface area contributed by atoms with Crippen LogP contribution in [-0.4, -0.2) is 21.3 Å². The Hall–Kier alpha value is -1.96. The number of carbonyl (C=O) groups is 1. The summed E-state index contributed by atoms with van der Waals surface area (Å²) in [5, 5.41) is 28.1. The zero-order chi connectivity index (χ0) is 14.9. The van der Waals surface area contributed by atoms with Crippen molar-refractivity contribution in [1.29, 1.82) is 0 Å². The van der Waals surface area contributed by atoms with Crippen molar-refractivity contribution in [3.8, 4) is 23.0 Å². The summed E-state index contributed by atoms with van der Waals surface area (Å²) >= 11 is 1.98. The standard InChI is InChI=1S/C14H11IO5/c1-7-4-9(5-11(15)13(7)17)20-8-2-3-10(14(18)19)12(16)6-8/h2-6,16-17H,1H3,(H,18,19). The second kappa shape index (κ2) is 5.58. The molecule has 0 saturated carbocycles. The Kier molecular flexibility index (Phi) is 4.03. The molecule has 0 bridgehead atoms. The molecule has 3 N–H and O–H groups in total. The summed E-state index contributed by atoms with van der Waals surface area (Å²) in [6.45, 7) is 1.75. The van der Waals surface area contributed by atoms with Gasteiger partial charge in [-0.3, -0.25) is 0 Å². The first kappa shape index (κ1) is 14.4. The molecular weight excluding hydrogens is 375 g/mol. The highest BCUT2D eigenvalue weighted by Crippen LogP contribution is 2.33. The third kappa shape index (κ3) is 2.96. The van der Waals surface area contributed by atoms with E-state index in [0.29, 0.717) is 20.6 Å². The predicted molar refractivity (Wildman–Crippen MR) is 80.7 cm³/mol. The van der Waals surface area contributed by atoms with Gasteiger partial charge in [0.2, 0.25) is 0 Å². The Labute approximate surface area is 128 Å². The van der Waals surface area contributed by atoms with Crippen molar-refractivity contribution in [2.45, 2.75) is 6.92 Å². The summed E-state index contributed by atoms with van der Waals surface area (Å²) in [7, 11) is 0. The minimum absolute atomic E-state index is 0.186. The quantitative estimate of drug-likeness (QED) is 0.703. The van der Waals surface area contributed by atoms with E-state index in [9.17, 15) is 15.0 Å². The van der Waals surface area contributed by atoms with Crippen molar-refractivity contribution in [3.05, 3.63) is 45.0 Å². The molecule has 0 unspecified atom stereocenters. The molecule has 0 saturated heterocycles. The average molecular weight is 386 g/mol. The molecule has 0 fully saturated rings. The lowest BCUT2D eigenvalue weighted by molar-refractivity contribution is 0.0693. The molecule has 0 spiro atoms. The van der Waals surface area contributed by atoms with Gasteiger partial charge in [0.15, 0.2) is 0 Å². The lowest BCUT2D eigenvalue weighted by atomic mass is 10.2. The van der Waals surface area contributed by atoms with Crippen LogP contribution in [0.4, 0.5) is 0 Å². The molecule has 2 aromatic rings. The topological polar surface area (TPSA) is 87.0 Å². The minimum Gasteiger partial charge on any atom is -0.507 e. The van der Waals surface area contributed by atoms with Crippen LogP contribution in [0.2, 0.25) is 0 Å². The van der Waals surface area contributed by atoms with Crippen LogP contribution in [0.15, 0.2) is 30.3 Å². The van der Waals surface area contributed by atoms with Gasteiger partial charge in [-0.1, -0.05) is 0 Å². The summed E-state index contributed by atoms with van der Waals surface area (Å²) < 4.78 is 6.18. The van der Waals surface area contributed by atoms with Crippen LogP contribution in [0.1, 0.15) is 15.9 Å². The lowest BCUT2D eigenvalue weighted by Crippen LogP contribution is -1.96. The molecule has 6 heteroatoms. The number of benzene rings is 2. The Balaban J connectivity index is 2.31. The normalized spacial score (nSPS) is 10.3. The number of rotatable bonds is 3. The number of hydrogen-bond donors (Lipinski definition) is 3. The molecule has 0 aliphatic carbocycles. The minimum atomic E-state index is -1.20. The maximum absolute atomic E-state index is 10.8. The van der Waals surface area contributed by atoms with Gasteiger partial charge in [-0.25, -0.2) is 4.79 Å². The lowest BCUT2D eigenvalue weighted by Gasteiger charge is -2.10. The molecule has 0 aromatic heterocycles. The fourth-order valence-corrected chi connectivity index (χ4v) is 2.39. The average Bonchev–Trinajstić information content (AvgIpc) is 2.35. The largest absolute Gasteiger partial charge is 0.507 e. The smallest absolute Gasteiger partial charge is 0.339 e. The number of aromatic hydroxyl groups is 2. The fourth-order valence-electron chi connectivity index (χ4n) is 1.66. The second-order valence-electron chi connectivity index (χ2n) is 4.16. The molecule has 2 rings (SSSR count). The number of phenolic OH excluding ortho intramolecular Hbond substituents is 1.